The van der Waals surface area contributed by atoms with E-state index in [0.717, 1.165) is 26.8 Å². The number of H-pyrrole nitrogens is 1. The van der Waals surface area contributed by atoms with Crippen LogP contribution in [0, 0.1) is 0 Å². The van der Waals surface area contributed by atoms with Crippen molar-refractivity contribution in [3.63, 3.8) is 0 Å². The zero-order valence-electron chi connectivity index (χ0n) is 9.80. The number of nitrogens with one attached hydrogen (secondary N) is 2. The van der Waals surface area contributed by atoms with Gasteiger partial charge in [-0.05, 0) is 39.5 Å². The Morgan fingerprint density at radius 3 is 3.00 bits per heavy atom. The minimum Gasteiger partial charge on any atom is -0.363 e. The van der Waals surface area contributed by atoms with Crippen LogP contribution in [0.15, 0.2) is 40.3 Å². The molecule has 5 nitrogen and oxygen atoms in total. The van der Waals surface area contributed by atoms with Crippen LogP contribution in [0.5, 0.6) is 0 Å². The van der Waals surface area contributed by atoms with E-state index in [1.54, 1.807) is 17.5 Å². The first-order valence-corrected chi connectivity index (χ1v) is 7.29. The molecule has 19 heavy (non-hydrogen) atoms. The lowest BCUT2D eigenvalue weighted by Crippen LogP contribution is -2.02. The lowest BCUT2D eigenvalue weighted by atomic mass is 10.4. The summed E-state index contributed by atoms with van der Waals surface area (Å²) in [6.45, 7) is 0.563. The molecule has 0 saturated carbocycles. The lowest BCUT2D eigenvalue weighted by Gasteiger charge is -2.02. The lowest BCUT2D eigenvalue weighted by molar-refractivity contribution is 0.947. The topological polar surface area (TPSA) is 66.5 Å². The van der Waals surface area contributed by atoms with E-state index in [-0.39, 0.29) is 0 Å². The molecule has 96 valence electrons. The Balaban J connectivity index is 1.66. The predicted octanol–water partition coefficient (Wildman–Crippen LogP) is 3.30. The molecule has 0 aromatic carbocycles. The molecule has 0 bridgehead atoms. The summed E-state index contributed by atoms with van der Waals surface area (Å²) in [5.74, 6) is 2.32. The van der Waals surface area contributed by atoms with E-state index in [1.807, 2.05) is 29.6 Å². The summed E-state index contributed by atoms with van der Waals surface area (Å²) in [7, 11) is 0. The quantitative estimate of drug-likeness (QED) is 0.767. The average Bonchev–Trinajstić information content (AvgIpc) is 3.09. The van der Waals surface area contributed by atoms with E-state index in [2.05, 4.69) is 41.4 Å². The number of rotatable bonds is 4. The van der Waals surface area contributed by atoms with Crippen LogP contribution in [0.3, 0.4) is 0 Å². The molecule has 0 spiro atoms. The summed E-state index contributed by atoms with van der Waals surface area (Å²) in [5, 5.41) is 12.3. The number of halogens is 1. The van der Waals surface area contributed by atoms with Crippen LogP contribution in [0.1, 0.15) is 5.82 Å². The van der Waals surface area contributed by atoms with Gasteiger partial charge in [0.1, 0.15) is 11.6 Å². The highest BCUT2D eigenvalue weighted by molar-refractivity contribution is 9.10. The predicted molar refractivity (Wildman–Crippen MR) is 79.0 cm³/mol. The van der Waals surface area contributed by atoms with Crippen LogP contribution < -0.4 is 5.32 Å². The van der Waals surface area contributed by atoms with Crippen molar-refractivity contribution in [2.45, 2.75) is 6.54 Å². The monoisotopic (exact) mass is 335 g/mol. The zero-order valence-corrected chi connectivity index (χ0v) is 12.2. The van der Waals surface area contributed by atoms with Gasteiger partial charge in [-0.2, -0.15) is 5.10 Å². The van der Waals surface area contributed by atoms with Gasteiger partial charge in [-0.25, -0.2) is 9.97 Å². The van der Waals surface area contributed by atoms with E-state index < -0.39 is 0 Å². The second-order valence-electron chi connectivity index (χ2n) is 3.80. The van der Waals surface area contributed by atoms with Gasteiger partial charge in [0.15, 0.2) is 5.82 Å². The second kappa shape index (κ2) is 5.50. The van der Waals surface area contributed by atoms with Crippen molar-refractivity contribution in [3.8, 4) is 10.7 Å². The minimum absolute atomic E-state index is 0.563. The largest absolute Gasteiger partial charge is 0.363 e. The molecule has 0 unspecified atom stereocenters. The van der Waals surface area contributed by atoms with Crippen molar-refractivity contribution in [2.24, 2.45) is 0 Å². The summed E-state index contributed by atoms with van der Waals surface area (Å²) >= 11 is 4.97. The summed E-state index contributed by atoms with van der Waals surface area (Å²) < 4.78 is 0.956. The fraction of sp³-hybridized carbons (Fsp3) is 0.0833. The van der Waals surface area contributed by atoms with Crippen LogP contribution in [0.4, 0.5) is 5.82 Å². The molecule has 7 heteroatoms. The molecule has 0 saturated heterocycles. The molecule has 3 aromatic rings. The number of aromatic amines is 1. The van der Waals surface area contributed by atoms with E-state index in [0.29, 0.717) is 6.54 Å². The Bertz CT molecular complexity index is 647. The molecular weight excluding hydrogens is 326 g/mol. The number of pyridine rings is 1. The van der Waals surface area contributed by atoms with Gasteiger partial charge in [0, 0.05) is 10.7 Å². The Kier molecular flexibility index (Phi) is 3.56. The first-order valence-electron chi connectivity index (χ1n) is 5.62. The molecule has 0 fully saturated rings. The molecular formula is C12H10BrN5S. The van der Waals surface area contributed by atoms with Crippen LogP contribution >= 0.6 is 27.3 Å². The Labute approximate surface area is 122 Å². The number of nitrogens with zero attached hydrogens (tertiary/aromatic N) is 3. The van der Waals surface area contributed by atoms with Crippen molar-refractivity contribution in [3.05, 3.63) is 46.1 Å². The van der Waals surface area contributed by atoms with E-state index in [9.17, 15) is 0 Å². The molecule has 3 heterocycles. The van der Waals surface area contributed by atoms with Gasteiger partial charge < -0.3 is 5.32 Å². The summed E-state index contributed by atoms with van der Waals surface area (Å²) in [6.07, 6.45) is 1.75. The highest BCUT2D eigenvalue weighted by atomic mass is 79.9. The molecule has 3 aromatic heterocycles. The standard InChI is InChI=1S/C12H10BrN5S/c13-8-3-4-10(14-6-8)15-7-11-16-12(18-17-11)9-2-1-5-19-9/h1-6H,7H2,(H,14,15)(H,16,17,18). The van der Waals surface area contributed by atoms with E-state index in [1.165, 1.54) is 0 Å². The van der Waals surface area contributed by atoms with E-state index >= 15 is 0 Å². The molecule has 0 aliphatic heterocycles. The first-order chi connectivity index (χ1) is 9.31. The molecule has 0 radical (unpaired) electrons. The van der Waals surface area contributed by atoms with Gasteiger partial charge in [-0.3, -0.25) is 5.10 Å². The van der Waals surface area contributed by atoms with Crippen LogP contribution in [0.2, 0.25) is 0 Å². The zero-order chi connectivity index (χ0) is 13.1. The number of aromatic nitrogens is 4. The summed E-state index contributed by atoms with van der Waals surface area (Å²) in [6, 6.07) is 7.83. The summed E-state index contributed by atoms with van der Waals surface area (Å²) in [5.41, 5.74) is 0. The van der Waals surface area contributed by atoms with Crippen LogP contribution in [-0.2, 0) is 6.54 Å². The number of hydrogen-bond acceptors (Lipinski definition) is 5. The summed E-state index contributed by atoms with van der Waals surface area (Å²) in [4.78, 5) is 9.72. The molecule has 3 rings (SSSR count). The van der Waals surface area contributed by atoms with Crippen molar-refractivity contribution < 1.29 is 0 Å². The highest BCUT2D eigenvalue weighted by Crippen LogP contribution is 2.20. The van der Waals surface area contributed by atoms with Crippen molar-refractivity contribution in [1.82, 2.24) is 20.2 Å². The molecule has 0 atom stereocenters. The van der Waals surface area contributed by atoms with Gasteiger partial charge in [0.2, 0.25) is 0 Å². The van der Waals surface area contributed by atoms with E-state index in [4.69, 9.17) is 0 Å². The third-order valence-corrected chi connectivity index (χ3v) is 3.77. The minimum atomic E-state index is 0.563. The molecule has 0 amide bonds. The van der Waals surface area contributed by atoms with Gasteiger partial charge in [-0.1, -0.05) is 6.07 Å². The first kappa shape index (κ1) is 12.3. The molecule has 0 aliphatic carbocycles. The van der Waals surface area contributed by atoms with Gasteiger partial charge in [0.25, 0.3) is 0 Å². The smallest absolute Gasteiger partial charge is 0.191 e. The SMILES string of the molecule is Brc1ccc(NCc2nc(-c3cccs3)n[nH]2)nc1. The Morgan fingerprint density at radius 2 is 2.26 bits per heavy atom. The van der Waals surface area contributed by atoms with Crippen molar-refractivity contribution >= 4 is 33.1 Å². The normalized spacial score (nSPS) is 10.6. The number of thiophene rings is 1. The maximum atomic E-state index is 4.43. The van der Waals surface area contributed by atoms with Crippen molar-refractivity contribution in [1.29, 1.82) is 0 Å². The molecule has 2 N–H and O–H groups in total. The fourth-order valence-electron chi connectivity index (χ4n) is 1.55. The Morgan fingerprint density at radius 1 is 1.32 bits per heavy atom. The maximum absolute atomic E-state index is 4.43. The maximum Gasteiger partial charge on any atom is 0.191 e. The second-order valence-corrected chi connectivity index (χ2v) is 5.66. The van der Waals surface area contributed by atoms with Gasteiger partial charge in [-0.15, -0.1) is 11.3 Å². The Hall–Kier alpha value is -1.73. The highest BCUT2D eigenvalue weighted by Gasteiger charge is 2.06. The average molecular weight is 336 g/mol. The third kappa shape index (κ3) is 2.99. The fourth-order valence-corrected chi connectivity index (χ4v) is 2.44. The van der Waals surface area contributed by atoms with Crippen LogP contribution in [-0.4, -0.2) is 20.2 Å². The van der Waals surface area contributed by atoms with Crippen LogP contribution in [0.25, 0.3) is 10.7 Å². The third-order valence-electron chi connectivity index (χ3n) is 2.44. The number of hydrogen-bond donors (Lipinski definition) is 2. The van der Waals surface area contributed by atoms with Crippen molar-refractivity contribution in [2.75, 3.05) is 5.32 Å². The van der Waals surface area contributed by atoms with Gasteiger partial charge >= 0.3 is 0 Å². The number of anilines is 1. The molecule has 0 aliphatic rings. The van der Waals surface area contributed by atoms with Gasteiger partial charge in [0.05, 0.1) is 11.4 Å².